The topological polar surface area (TPSA) is 38.3 Å². The van der Waals surface area contributed by atoms with Crippen molar-refractivity contribution in [1.82, 2.24) is 5.32 Å². The van der Waals surface area contributed by atoms with Crippen molar-refractivity contribution in [1.29, 1.82) is 0 Å². The van der Waals surface area contributed by atoms with Crippen LogP contribution in [0.4, 0.5) is 0 Å². The molecular formula is C11H20NO2. The quantitative estimate of drug-likeness (QED) is 0.705. The lowest BCUT2D eigenvalue weighted by atomic mass is 9.91. The van der Waals surface area contributed by atoms with Gasteiger partial charge in [-0.05, 0) is 44.7 Å². The van der Waals surface area contributed by atoms with E-state index in [4.69, 9.17) is 4.74 Å². The zero-order valence-corrected chi connectivity index (χ0v) is 8.92. The lowest BCUT2D eigenvalue weighted by Gasteiger charge is -2.25. The van der Waals surface area contributed by atoms with Crippen molar-refractivity contribution in [2.45, 2.75) is 45.1 Å². The van der Waals surface area contributed by atoms with Crippen LogP contribution in [-0.4, -0.2) is 25.7 Å². The van der Waals surface area contributed by atoms with Crippen LogP contribution in [0.25, 0.3) is 0 Å². The number of hydrogen-bond acceptors (Lipinski definition) is 3. The van der Waals surface area contributed by atoms with E-state index in [1.54, 1.807) is 6.47 Å². The Morgan fingerprint density at radius 1 is 1.50 bits per heavy atom. The molecule has 3 heteroatoms. The third-order valence-electron chi connectivity index (χ3n) is 2.88. The first kappa shape index (κ1) is 11.5. The maximum absolute atomic E-state index is 10.2. The van der Waals surface area contributed by atoms with Gasteiger partial charge in [0, 0.05) is 0 Å². The first-order valence-electron chi connectivity index (χ1n) is 5.60. The van der Waals surface area contributed by atoms with Gasteiger partial charge in [0.1, 0.15) is 6.10 Å². The molecule has 0 amide bonds. The van der Waals surface area contributed by atoms with Gasteiger partial charge in [0.25, 0.3) is 0 Å². The Morgan fingerprint density at radius 2 is 2.21 bits per heavy atom. The lowest BCUT2D eigenvalue weighted by molar-refractivity contribution is 0.128. The van der Waals surface area contributed by atoms with Gasteiger partial charge < -0.3 is 10.1 Å². The summed E-state index contributed by atoms with van der Waals surface area (Å²) in [4.78, 5) is 10.2. The molecule has 0 saturated carbocycles. The van der Waals surface area contributed by atoms with Crippen LogP contribution < -0.4 is 5.32 Å². The van der Waals surface area contributed by atoms with Gasteiger partial charge in [0.15, 0.2) is 0 Å². The fourth-order valence-corrected chi connectivity index (χ4v) is 2.10. The fraction of sp³-hybridized carbons (Fsp3) is 0.909. The number of hydrogen-bond donors (Lipinski definition) is 1. The SMILES string of the molecule is CCCC(CC1CCNCC1)O[C]=O. The van der Waals surface area contributed by atoms with E-state index in [-0.39, 0.29) is 6.10 Å². The van der Waals surface area contributed by atoms with Crippen LogP contribution in [0.2, 0.25) is 0 Å². The minimum absolute atomic E-state index is 0.0978. The summed E-state index contributed by atoms with van der Waals surface area (Å²) >= 11 is 0. The second-order valence-electron chi connectivity index (χ2n) is 4.04. The Bertz CT molecular complexity index is 155. The molecule has 81 valence electrons. The van der Waals surface area contributed by atoms with Crippen molar-refractivity contribution in [2.24, 2.45) is 5.92 Å². The Balaban J connectivity index is 2.25. The highest BCUT2D eigenvalue weighted by Gasteiger charge is 2.19. The molecule has 0 aromatic carbocycles. The van der Waals surface area contributed by atoms with E-state index in [2.05, 4.69) is 12.2 Å². The normalized spacial score (nSPS) is 20.4. The molecule has 1 fully saturated rings. The number of nitrogens with one attached hydrogen (secondary N) is 1. The fourth-order valence-electron chi connectivity index (χ4n) is 2.10. The van der Waals surface area contributed by atoms with E-state index in [1.165, 1.54) is 12.8 Å². The first-order valence-corrected chi connectivity index (χ1v) is 5.60. The van der Waals surface area contributed by atoms with E-state index >= 15 is 0 Å². The Morgan fingerprint density at radius 3 is 2.79 bits per heavy atom. The number of piperidine rings is 1. The lowest BCUT2D eigenvalue weighted by Crippen LogP contribution is -2.30. The molecule has 1 heterocycles. The molecule has 3 nitrogen and oxygen atoms in total. The van der Waals surface area contributed by atoms with Gasteiger partial charge >= 0.3 is 6.47 Å². The highest BCUT2D eigenvalue weighted by atomic mass is 16.5. The molecular weight excluding hydrogens is 178 g/mol. The van der Waals surface area contributed by atoms with Gasteiger partial charge in [0.05, 0.1) is 0 Å². The molecule has 1 aliphatic heterocycles. The molecule has 1 N–H and O–H groups in total. The van der Waals surface area contributed by atoms with Crippen LogP contribution >= 0.6 is 0 Å². The molecule has 0 spiro atoms. The molecule has 0 aliphatic carbocycles. The summed E-state index contributed by atoms with van der Waals surface area (Å²) in [6.07, 6.45) is 5.58. The second kappa shape index (κ2) is 6.82. The van der Waals surface area contributed by atoms with E-state index < -0.39 is 0 Å². The number of carbonyl (C=O) groups excluding carboxylic acids is 1. The maximum atomic E-state index is 10.2. The minimum atomic E-state index is 0.0978. The molecule has 1 aliphatic rings. The standard InChI is InChI=1S/C11H20NO2/c1-2-3-11(14-9-13)8-10-4-6-12-7-5-10/h10-12H,2-8H2,1H3. The summed E-state index contributed by atoms with van der Waals surface area (Å²) in [7, 11) is 0. The van der Waals surface area contributed by atoms with Crippen LogP contribution in [0.15, 0.2) is 0 Å². The second-order valence-corrected chi connectivity index (χ2v) is 4.04. The van der Waals surface area contributed by atoms with Gasteiger partial charge in [-0.1, -0.05) is 13.3 Å². The molecule has 0 aromatic rings. The van der Waals surface area contributed by atoms with Crippen LogP contribution in [0.3, 0.4) is 0 Å². The van der Waals surface area contributed by atoms with Crippen LogP contribution in [0.5, 0.6) is 0 Å². The van der Waals surface area contributed by atoms with E-state index in [9.17, 15) is 4.79 Å². The summed E-state index contributed by atoms with van der Waals surface area (Å²) in [6.45, 7) is 5.90. The summed E-state index contributed by atoms with van der Waals surface area (Å²) in [5.74, 6) is 0.723. The predicted octanol–water partition coefficient (Wildman–Crippen LogP) is 1.63. The molecule has 1 saturated heterocycles. The molecule has 1 unspecified atom stereocenters. The van der Waals surface area contributed by atoms with Crippen LogP contribution in [-0.2, 0) is 9.53 Å². The van der Waals surface area contributed by atoms with Gasteiger partial charge in [-0.25, -0.2) is 4.79 Å². The van der Waals surface area contributed by atoms with Gasteiger partial charge in [-0.15, -0.1) is 0 Å². The largest absolute Gasteiger partial charge is 0.454 e. The van der Waals surface area contributed by atoms with Crippen molar-refractivity contribution < 1.29 is 9.53 Å². The zero-order valence-electron chi connectivity index (χ0n) is 8.92. The van der Waals surface area contributed by atoms with Crippen molar-refractivity contribution in [3.05, 3.63) is 0 Å². The van der Waals surface area contributed by atoms with Crippen molar-refractivity contribution >= 4 is 6.47 Å². The number of rotatable bonds is 6. The third-order valence-corrected chi connectivity index (χ3v) is 2.88. The summed E-state index contributed by atoms with van der Waals surface area (Å²) in [5, 5.41) is 3.33. The third kappa shape index (κ3) is 4.09. The smallest absolute Gasteiger partial charge is 0.417 e. The van der Waals surface area contributed by atoms with Gasteiger partial charge in [-0.3, -0.25) is 0 Å². The highest BCUT2D eigenvalue weighted by molar-refractivity contribution is 5.38. The summed E-state index contributed by atoms with van der Waals surface area (Å²) in [6, 6.07) is 0. The molecule has 1 radical (unpaired) electrons. The monoisotopic (exact) mass is 198 g/mol. The average Bonchev–Trinajstić information content (AvgIpc) is 2.20. The maximum Gasteiger partial charge on any atom is 0.417 e. The molecule has 0 bridgehead atoms. The van der Waals surface area contributed by atoms with E-state index in [0.29, 0.717) is 0 Å². The minimum Gasteiger partial charge on any atom is -0.454 e. The summed E-state index contributed by atoms with van der Waals surface area (Å²) in [5.41, 5.74) is 0. The number of ether oxygens (including phenoxy) is 1. The molecule has 1 rings (SSSR count). The molecule has 14 heavy (non-hydrogen) atoms. The molecule has 0 aromatic heterocycles. The summed E-state index contributed by atoms with van der Waals surface area (Å²) < 4.78 is 4.96. The van der Waals surface area contributed by atoms with Crippen molar-refractivity contribution in [3.63, 3.8) is 0 Å². The Kier molecular flexibility index (Phi) is 5.60. The molecule has 1 atom stereocenters. The van der Waals surface area contributed by atoms with E-state index in [0.717, 1.165) is 38.3 Å². The Labute approximate surface area is 86.2 Å². The van der Waals surface area contributed by atoms with Gasteiger partial charge in [-0.2, -0.15) is 0 Å². The van der Waals surface area contributed by atoms with E-state index in [1.807, 2.05) is 0 Å². The van der Waals surface area contributed by atoms with Crippen LogP contribution in [0, 0.1) is 5.92 Å². The van der Waals surface area contributed by atoms with Crippen molar-refractivity contribution in [2.75, 3.05) is 13.1 Å². The van der Waals surface area contributed by atoms with Gasteiger partial charge in [0.2, 0.25) is 0 Å². The average molecular weight is 198 g/mol. The van der Waals surface area contributed by atoms with Crippen LogP contribution in [0.1, 0.15) is 39.0 Å². The Hall–Kier alpha value is -0.570. The first-order chi connectivity index (χ1) is 6.86. The van der Waals surface area contributed by atoms with Crippen molar-refractivity contribution in [3.8, 4) is 0 Å². The zero-order chi connectivity index (χ0) is 10.2. The highest BCUT2D eigenvalue weighted by Crippen LogP contribution is 2.21. The predicted molar refractivity (Wildman–Crippen MR) is 55.7 cm³/mol.